The van der Waals surface area contributed by atoms with Crippen molar-refractivity contribution in [3.05, 3.63) is 29.8 Å². The second kappa shape index (κ2) is 8.90. The zero-order valence-electron chi connectivity index (χ0n) is 12.7. The predicted molar refractivity (Wildman–Crippen MR) is 95.6 cm³/mol. The second-order valence-electron chi connectivity index (χ2n) is 4.98. The van der Waals surface area contributed by atoms with Crippen LogP contribution in [-0.4, -0.2) is 33.8 Å². The molecule has 22 heavy (non-hydrogen) atoms. The number of unbranched alkanes of at least 4 members (excludes halogenated alkanes) is 3. The monoisotopic (exact) mass is 336 g/mol. The predicted octanol–water partition coefficient (Wildman–Crippen LogP) is 3.84. The van der Waals surface area contributed by atoms with Crippen LogP contribution in [0.25, 0.3) is 0 Å². The largest absolute Gasteiger partial charge is 0.494 e. The van der Waals surface area contributed by atoms with Crippen molar-refractivity contribution in [1.29, 1.82) is 0 Å². The van der Waals surface area contributed by atoms with E-state index in [1.54, 1.807) is 6.21 Å². The summed E-state index contributed by atoms with van der Waals surface area (Å²) in [6, 6.07) is 7.67. The van der Waals surface area contributed by atoms with E-state index in [1.807, 2.05) is 24.3 Å². The molecule has 1 amide bonds. The van der Waals surface area contributed by atoms with Crippen molar-refractivity contribution in [2.24, 2.45) is 5.10 Å². The van der Waals surface area contributed by atoms with E-state index in [-0.39, 0.29) is 5.91 Å². The smallest absolute Gasteiger partial charge is 0.259 e. The number of amides is 1. The Hall–Kier alpha value is -1.40. The number of hydrogen-bond acceptors (Lipinski definition) is 5. The summed E-state index contributed by atoms with van der Waals surface area (Å²) in [7, 11) is 0. The van der Waals surface area contributed by atoms with Crippen molar-refractivity contribution in [1.82, 2.24) is 5.01 Å². The summed E-state index contributed by atoms with van der Waals surface area (Å²) in [6.07, 6.45) is 6.43. The van der Waals surface area contributed by atoms with Gasteiger partial charge in [-0.3, -0.25) is 4.79 Å². The number of carbonyl (C=O) groups is 1. The fourth-order valence-electron chi connectivity index (χ4n) is 1.95. The lowest BCUT2D eigenvalue weighted by atomic mass is 10.2. The van der Waals surface area contributed by atoms with Gasteiger partial charge in [-0.25, -0.2) is 0 Å². The van der Waals surface area contributed by atoms with Crippen LogP contribution in [0.5, 0.6) is 5.75 Å². The first-order valence-corrected chi connectivity index (χ1v) is 8.86. The molecule has 0 spiro atoms. The Bertz CT molecular complexity index is 528. The third kappa shape index (κ3) is 5.10. The molecule has 1 aromatic rings. The Balaban J connectivity index is 1.81. The third-order valence-corrected chi connectivity index (χ3v) is 4.53. The van der Waals surface area contributed by atoms with Gasteiger partial charge in [-0.2, -0.15) is 10.1 Å². The standard InChI is InChI=1S/C16H20N2O2S2/c1-2-3-4-5-10-20-14-8-6-13(7-9-14)11-17-18-15(19)12-22-16(18)21/h6-9,11H,2-5,10,12H2,1H3/b17-11-. The average molecular weight is 336 g/mol. The molecule has 0 N–H and O–H groups in total. The highest BCUT2D eigenvalue weighted by Gasteiger charge is 2.25. The van der Waals surface area contributed by atoms with Gasteiger partial charge >= 0.3 is 0 Å². The van der Waals surface area contributed by atoms with Gasteiger partial charge in [0.1, 0.15) is 5.75 Å². The van der Waals surface area contributed by atoms with Crippen LogP contribution in [0.2, 0.25) is 0 Å². The van der Waals surface area contributed by atoms with Crippen LogP contribution in [0.1, 0.15) is 38.2 Å². The van der Waals surface area contributed by atoms with Crippen molar-refractivity contribution < 1.29 is 9.53 Å². The number of thioether (sulfide) groups is 1. The number of benzene rings is 1. The van der Waals surface area contributed by atoms with Crippen LogP contribution in [0.15, 0.2) is 29.4 Å². The lowest BCUT2D eigenvalue weighted by Crippen LogP contribution is -2.22. The molecule has 0 unspecified atom stereocenters. The summed E-state index contributed by atoms with van der Waals surface area (Å²) in [6.45, 7) is 2.95. The summed E-state index contributed by atoms with van der Waals surface area (Å²) in [5, 5.41) is 5.41. The quantitative estimate of drug-likeness (QED) is 0.411. The van der Waals surface area contributed by atoms with Crippen molar-refractivity contribution >= 4 is 40.4 Å². The molecule has 0 saturated carbocycles. The van der Waals surface area contributed by atoms with Gasteiger partial charge < -0.3 is 4.74 Å². The molecule has 6 heteroatoms. The molecule has 0 atom stereocenters. The Morgan fingerprint density at radius 3 is 2.73 bits per heavy atom. The Morgan fingerprint density at radius 2 is 2.09 bits per heavy atom. The summed E-state index contributed by atoms with van der Waals surface area (Å²) in [5.41, 5.74) is 0.908. The van der Waals surface area contributed by atoms with Crippen LogP contribution >= 0.6 is 24.0 Å². The minimum absolute atomic E-state index is 0.0710. The van der Waals surface area contributed by atoms with E-state index in [4.69, 9.17) is 17.0 Å². The van der Waals surface area contributed by atoms with Gasteiger partial charge in [-0.15, -0.1) is 0 Å². The molecule has 0 aliphatic carbocycles. The number of rotatable bonds is 8. The summed E-state index contributed by atoms with van der Waals surface area (Å²) >= 11 is 6.41. The Labute approximate surface area is 140 Å². The number of ether oxygens (including phenoxy) is 1. The fourth-order valence-corrected chi connectivity index (χ4v) is 2.92. The number of hydrazone groups is 1. The third-order valence-electron chi connectivity index (χ3n) is 3.20. The highest BCUT2D eigenvalue weighted by Crippen LogP contribution is 2.19. The molecule has 118 valence electrons. The lowest BCUT2D eigenvalue weighted by molar-refractivity contribution is -0.123. The number of hydrogen-bond donors (Lipinski definition) is 0. The van der Waals surface area contributed by atoms with E-state index in [0.29, 0.717) is 10.1 Å². The van der Waals surface area contributed by atoms with Crippen LogP contribution in [-0.2, 0) is 4.79 Å². The summed E-state index contributed by atoms with van der Waals surface area (Å²) in [4.78, 5) is 11.5. The first kappa shape index (κ1) is 17.0. The highest BCUT2D eigenvalue weighted by molar-refractivity contribution is 8.23. The fraction of sp³-hybridized carbons (Fsp3) is 0.438. The molecular weight excluding hydrogens is 316 g/mol. The van der Waals surface area contributed by atoms with Gasteiger partial charge in [-0.05, 0) is 36.2 Å². The van der Waals surface area contributed by atoms with E-state index in [2.05, 4.69) is 12.0 Å². The normalized spacial score (nSPS) is 15.0. The molecule has 2 rings (SSSR count). The van der Waals surface area contributed by atoms with Crippen molar-refractivity contribution in [2.45, 2.75) is 32.6 Å². The topological polar surface area (TPSA) is 41.9 Å². The van der Waals surface area contributed by atoms with Gasteiger partial charge in [0.05, 0.1) is 18.6 Å². The van der Waals surface area contributed by atoms with Crippen LogP contribution < -0.4 is 4.74 Å². The van der Waals surface area contributed by atoms with Gasteiger partial charge in [0.25, 0.3) is 5.91 Å². The zero-order valence-corrected chi connectivity index (χ0v) is 14.3. The Kier molecular flexibility index (Phi) is 6.86. The van der Waals surface area contributed by atoms with Gasteiger partial charge in [-0.1, -0.05) is 50.2 Å². The molecule has 1 aliphatic heterocycles. The SMILES string of the molecule is CCCCCCOc1ccc(/C=N\N2C(=O)CSC2=S)cc1. The Morgan fingerprint density at radius 1 is 1.32 bits per heavy atom. The van der Waals surface area contributed by atoms with Gasteiger partial charge in [0, 0.05) is 0 Å². The molecule has 1 saturated heterocycles. The van der Waals surface area contributed by atoms with E-state index < -0.39 is 0 Å². The minimum atomic E-state index is -0.0710. The molecule has 1 heterocycles. The van der Waals surface area contributed by atoms with Crippen molar-refractivity contribution in [2.75, 3.05) is 12.4 Å². The number of nitrogens with zero attached hydrogens (tertiary/aromatic N) is 2. The van der Waals surface area contributed by atoms with Crippen LogP contribution in [0, 0.1) is 0 Å². The molecule has 1 aliphatic rings. The van der Waals surface area contributed by atoms with Gasteiger partial charge in [0.15, 0.2) is 4.32 Å². The van der Waals surface area contributed by atoms with E-state index in [9.17, 15) is 4.79 Å². The van der Waals surface area contributed by atoms with Gasteiger partial charge in [0.2, 0.25) is 0 Å². The maximum atomic E-state index is 11.5. The van der Waals surface area contributed by atoms with Crippen LogP contribution in [0.4, 0.5) is 0 Å². The molecule has 4 nitrogen and oxygen atoms in total. The molecular formula is C16H20N2O2S2. The molecule has 1 fully saturated rings. The molecule has 0 radical (unpaired) electrons. The van der Waals surface area contributed by atoms with Crippen LogP contribution in [0.3, 0.4) is 0 Å². The first-order chi connectivity index (χ1) is 10.7. The molecule has 0 bridgehead atoms. The van der Waals surface area contributed by atoms with E-state index in [0.717, 1.165) is 24.3 Å². The average Bonchev–Trinajstić information content (AvgIpc) is 2.85. The van der Waals surface area contributed by atoms with E-state index in [1.165, 1.54) is 36.0 Å². The molecule has 1 aromatic carbocycles. The maximum Gasteiger partial charge on any atom is 0.259 e. The zero-order chi connectivity index (χ0) is 15.8. The van der Waals surface area contributed by atoms with Crippen molar-refractivity contribution in [3.63, 3.8) is 0 Å². The minimum Gasteiger partial charge on any atom is -0.494 e. The molecule has 0 aromatic heterocycles. The number of thiocarbonyl (C=S) groups is 1. The maximum absolute atomic E-state index is 11.5. The van der Waals surface area contributed by atoms with Crippen molar-refractivity contribution in [3.8, 4) is 5.75 Å². The lowest BCUT2D eigenvalue weighted by Gasteiger charge is -2.07. The summed E-state index contributed by atoms with van der Waals surface area (Å²) < 4.78 is 6.19. The number of carbonyl (C=O) groups excluding carboxylic acids is 1. The highest BCUT2D eigenvalue weighted by atomic mass is 32.2. The summed E-state index contributed by atoms with van der Waals surface area (Å²) in [5.74, 6) is 1.16. The van der Waals surface area contributed by atoms with E-state index >= 15 is 0 Å². The second-order valence-corrected chi connectivity index (χ2v) is 6.59. The first-order valence-electron chi connectivity index (χ1n) is 7.47.